The van der Waals surface area contributed by atoms with Gasteiger partial charge < -0.3 is 5.32 Å². The van der Waals surface area contributed by atoms with Crippen molar-refractivity contribution in [2.45, 2.75) is 51.5 Å². The molecule has 1 aromatic heterocycles. The lowest BCUT2D eigenvalue weighted by molar-refractivity contribution is 0.394. The highest BCUT2D eigenvalue weighted by Crippen LogP contribution is 2.10. The molecule has 1 unspecified atom stereocenters. The quantitative estimate of drug-likeness (QED) is 0.843. The van der Waals surface area contributed by atoms with E-state index in [1.807, 2.05) is 12.4 Å². The van der Waals surface area contributed by atoms with Gasteiger partial charge in [0, 0.05) is 24.9 Å². The van der Waals surface area contributed by atoms with Gasteiger partial charge >= 0.3 is 0 Å². The summed E-state index contributed by atoms with van der Waals surface area (Å²) in [5, 5.41) is 3.53. The van der Waals surface area contributed by atoms with Crippen LogP contribution in [-0.4, -0.2) is 22.6 Å². The van der Waals surface area contributed by atoms with Crippen LogP contribution in [-0.2, 0) is 12.8 Å². The molecule has 0 aromatic carbocycles. The van der Waals surface area contributed by atoms with Gasteiger partial charge in [0.25, 0.3) is 0 Å². The predicted molar refractivity (Wildman–Crippen MR) is 65.4 cm³/mol. The zero-order valence-electron chi connectivity index (χ0n) is 10.1. The molecule has 1 aliphatic rings. The number of hydrogen-bond acceptors (Lipinski definition) is 3. The Bertz CT molecular complexity index is 301. The Hall–Kier alpha value is -0.960. The molecule has 1 aromatic rings. The minimum absolute atomic E-state index is 0.589. The standard InChI is InChI=1S/C13H21N3/c1-2-5-11-9-15-13(16-10-11)8-12-6-3-4-7-14-12/h9-10,12,14H,2-8H2,1H3. The van der Waals surface area contributed by atoms with Crippen molar-refractivity contribution in [1.29, 1.82) is 0 Å². The summed E-state index contributed by atoms with van der Waals surface area (Å²) in [5.41, 5.74) is 1.25. The molecule has 0 radical (unpaired) electrons. The molecule has 0 saturated carbocycles. The average Bonchev–Trinajstić information content (AvgIpc) is 2.33. The van der Waals surface area contributed by atoms with Crippen LogP contribution in [0.15, 0.2) is 12.4 Å². The van der Waals surface area contributed by atoms with Gasteiger partial charge in [0.05, 0.1) is 0 Å². The smallest absolute Gasteiger partial charge is 0.129 e. The van der Waals surface area contributed by atoms with E-state index in [-0.39, 0.29) is 0 Å². The molecule has 2 heterocycles. The maximum absolute atomic E-state index is 4.44. The molecule has 3 heteroatoms. The molecule has 1 atom stereocenters. The molecule has 16 heavy (non-hydrogen) atoms. The first-order valence-electron chi connectivity index (χ1n) is 6.41. The van der Waals surface area contributed by atoms with E-state index in [1.54, 1.807) is 0 Å². The second-order valence-electron chi connectivity index (χ2n) is 4.61. The molecule has 0 aliphatic carbocycles. The van der Waals surface area contributed by atoms with E-state index in [1.165, 1.54) is 24.8 Å². The Morgan fingerprint density at radius 1 is 1.31 bits per heavy atom. The predicted octanol–water partition coefficient (Wildman–Crippen LogP) is 2.11. The van der Waals surface area contributed by atoms with Crippen LogP contribution in [0.2, 0.25) is 0 Å². The van der Waals surface area contributed by atoms with E-state index < -0.39 is 0 Å². The van der Waals surface area contributed by atoms with Crippen molar-refractivity contribution in [1.82, 2.24) is 15.3 Å². The fraction of sp³-hybridized carbons (Fsp3) is 0.692. The molecule has 1 saturated heterocycles. The molecule has 1 fully saturated rings. The number of rotatable bonds is 4. The van der Waals surface area contributed by atoms with Gasteiger partial charge in [0.2, 0.25) is 0 Å². The van der Waals surface area contributed by atoms with E-state index in [4.69, 9.17) is 0 Å². The fourth-order valence-corrected chi connectivity index (χ4v) is 2.22. The van der Waals surface area contributed by atoms with E-state index in [0.717, 1.165) is 31.6 Å². The lowest BCUT2D eigenvalue weighted by Crippen LogP contribution is -2.36. The molecule has 0 bridgehead atoms. The highest BCUT2D eigenvalue weighted by atomic mass is 14.9. The molecule has 2 rings (SSSR count). The van der Waals surface area contributed by atoms with Crippen molar-refractivity contribution in [3.05, 3.63) is 23.8 Å². The lowest BCUT2D eigenvalue weighted by Gasteiger charge is -2.22. The van der Waals surface area contributed by atoms with Crippen LogP contribution < -0.4 is 5.32 Å². The van der Waals surface area contributed by atoms with Gasteiger partial charge in [-0.2, -0.15) is 0 Å². The summed E-state index contributed by atoms with van der Waals surface area (Å²) in [7, 11) is 0. The Balaban J connectivity index is 1.88. The fourth-order valence-electron chi connectivity index (χ4n) is 2.22. The first kappa shape index (κ1) is 11.5. The van der Waals surface area contributed by atoms with Gasteiger partial charge in [-0.1, -0.05) is 19.8 Å². The van der Waals surface area contributed by atoms with E-state index in [9.17, 15) is 0 Å². The maximum Gasteiger partial charge on any atom is 0.129 e. The van der Waals surface area contributed by atoms with Crippen LogP contribution in [0.4, 0.5) is 0 Å². The topological polar surface area (TPSA) is 37.8 Å². The van der Waals surface area contributed by atoms with Gasteiger partial charge in [-0.05, 0) is 31.4 Å². The summed E-state index contributed by atoms with van der Waals surface area (Å²) >= 11 is 0. The average molecular weight is 219 g/mol. The van der Waals surface area contributed by atoms with E-state index in [0.29, 0.717) is 6.04 Å². The minimum Gasteiger partial charge on any atom is -0.314 e. The van der Waals surface area contributed by atoms with Crippen LogP contribution in [0, 0.1) is 0 Å². The second kappa shape index (κ2) is 5.94. The van der Waals surface area contributed by atoms with Gasteiger partial charge in [-0.25, -0.2) is 9.97 Å². The Labute approximate surface area is 97.7 Å². The molecule has 3 nitrogen and oxygen atoms in total. The number of nitrogens with zero attached hydrogens (tertiary/aromatic N) is 2. The van der Waals surface area contributed by atoms with Crippen LogP contribution in [0.5, 0.6) is 0 Å². The van der Waals surface area contributed by atoms with Crippen molar-refractivity contribution in [3.8, 4) is 0 Å². The molecule has 1 aliphatic heterocycles. The number of aromatic nitrogens is 2. The number of hydrogen-bond donors (Lipinski definition) is 1. The first-order valence-corrected chi connectivity index (χ1v) is 6.41. The van der Waals surface area contributed by atoms with Crippen molar-refractivity contribution in [3.63, 3.8) is 0 Å². The van der Waals surface area contributed by atoms with Crippen LogP contribution >= 0.6 is 0 Å². The summed E-state index contributed by atoms with van der Waals surface area (Å²) < 4.78 is 0. The van der Waals surface area contributed by atoms with Crippen LogP contribution in [0.1, 0.15) is 44.0 Å². The zero-order valence-corrected chi connectivity index (χ0v) is 10.1. The van der Waals surface area contributed by atoms with Gasteiger partial charge in [0.1, 0.15) is 5.82 Å². The minimum atomic E-state index is 0.589. The molecular formula is C13H21N3. The van der Waals surface area contributed by atoms with Gasteiger partial charge in [-0.3, -0.25) is 0 Å². The third-order valence-corrected chi connectivity index (χ3v) is 3.14. The Kier molecular flexibility index (Phi) is 4.28. The summed E-state index contributed by atoms with van der Waals surface area (Å²) in [4.78, 5) is 8.88. The maximum atomic E-state index is 4.44. The Morgan fingerprint density at radius 3 is 2.75 bits per heavy atom. The third-order valence-electron chi connectivity index (χ3n) is 3.14. The molecular weight excluding hydrogens is 198 g/mol. The van der Waals surface area contributed by atoms with E-state index in [2.05, 4.69) is 22.2 Å². The monoisotopic (exact) mass is 219 g/mol. The van der Waals surface area contributed by atoms with Crippen molar-refractivity contribution in [2.24, 2.45) is 0 Å². The number of piperidine rings is 1. The molecule has 0 amide bonds. The van der Waals surface area contributed by atoms with Crippen LogP contribution in [0.25, 0.3) is 0 Å². The summed E-state index contributed by atoms with van der Waals surface area (Å²) in [6.45, 7) is 3.33. The molecule has 0 spiro atoms. The highest BCUT2D eigenvalue weighted by molar-refractivity contribution is 5.06. The first-order chi connectivity index (χ1) is 7.88. The highest BCUT2D eigenvalue weighted by Gasteiger charge is 2.13. The van der Waals surface area contributed by atoms with Crippen LogP contribution in [0.3, 0.4) is 0 Å². The second-order valence-corrected chi connectivity index (χ2v) is 4.61. The summed E-state index contributed by atoms with van der Waals surface area (Å²) in [6.07, 6.45) is 11.1. The van der Waals surface area contributed by atoms with Gasteiger partial charge in [-0.15, -0.1) is 0 Å². The zero-order chi connectivity index (χ0) is 11.2. The summed E-state index contributed by atoms with van der Waals surface area (Å²) in [5.74, 6) is 0.985. The SMILES string of the molecule is CCCc1cnc(CC2CCCCN2)nc1. The van der Waals surface area contributed by atoms with E-state index >= 15 is 0 Å². The van der Waals surface area contributed by atoms with Crippen molar-refractivity contribution in [2.75, 3.05) is 6.54 Å². The lowest BCUT2D eigenvalue weighted by atomic mass is 10.0. The largest absolute Gasteiger partial charge is 0.314 e. The van der Waals surface area contributed by atoms with Crippen molar-refractivity contribution < 1.29 is 0 Å². The molecule has 88 valence electrons. The molecule has 1 N–H and O–H groups in total. The van der Waals surface area contributed by atoms with Gasteiger partial charge in [0.15, 0.2) is 0 Å². The number of aryl methyl sites for hydroxylation is 1. The Morgan fingerprint density at radius 2 is 2.12 bits per heavy atom. The third kappa shape index (κ3) is 3.27. The normalized spacial score (nSPS) is 20.9. The van der Waals surface area contributed by atoms with Crippen molar-refractivity contribution >= 4 is 0 Å². The summed E-state index contributed by atoms with van der Waals surface area (Å²) in [6, 6.07) is 0.589. The number of nitrogens with one attached hydrogen (secondary N) is 1.